The van der Waals surface area contributed by atoms with Gasteiger partial charge >= 0.3 is 0 Å². The third-order valence-electron chi connectivity index (χ3n) is 25.9. The van der Waals surface area contributed by atoms with Crippen LogP contribution in [0.15, 0.2) is 540 Å². The standard InChI is InChI=1S/C90H63N7.C36H27N3/c1-8-30-64(31-9-1)91(65-32-10-2-11-33-65)73-56-75(60-77(58-73)96-85-48-26-22-44-79(85)80-45-23-27-49-86(80)96)93(68-38-16-5-17-39-68)71-52-54-83-84-55-53-72(63-90(84)95(89(83)62-71)70-42-20-7-21-43-70)94(69-40-18-6-19-41-69)76-57-74(92(66-34-12-3-13-35-66)67-36-14-4-15-37-67)59-78(61-76)97-87-50-28-24-46-81(87)82-47-25-29-51-88(82)97;1-4-14-27(15-5-1)37-28-24-31(38(29-16-6-2-7-17-29)30-18-8-3-9-19-30)26-32(25-28)39-35-22-12-10-20-33(35)34-21-11-13-23-36(34)39/h1-63H;1-26,37H. The van der Waals surface area contributed by atoms with Crippen molar-refractivity contribution in [3.8, 4) is 22.7 Å². The molecule has 0 saturated heterocycles. The lowest BCUT2D eigenvalue weighted by molar-refractivity contribution is 1.15. The van der Waals surface area contributed by atoms with Crippen LogP contribution in [0, 0.1) is 0 Å². The molecule has 1 N–H and O–H groups in total. The Balaban J connectivity index is 0.000000215. The molecule has 0 bridgehead atoms. The Morgan fingerprint density at radius 2 is 0.316 bits per heavy atom. The lowest BCUT2D eigenvalue weighted by atomic mass is 10.1. The Hall–Kier alpha value is -18.4. The molecular formula is C126H90N10. The summed E-state index contributed by atoms with van der Waals surface area (Å²) >= 11 is 0. The van der Waals surface area contributed by atoms with Crippen molar-refractivity contribution in [1.29, 1.82) is 0 Å². The predicted octanol–water partition coefficient (Wildman–Crippen LogP) is 34.9. The molecule has 21 aromatic carbocycles. The van der Waals surface area contributed by atoms with Gasteiger partial charge in [-0.3, -0.25) is 0 Å². The predicted molar refractivity (Wildman–Crippen MR) is 573 cm³/mol. The maximum Gasteiger partial charge on any atom is 0.0561 e. The number of nitrogens with zero attached hydrogens (tertiary/aromatic N) is 9. The third-order valence-corrected chi connectivity index (χ3v) is 25.9. The molecule has 0 aliphatic heterocycles. The van der Waals surface area contributed by atoms with Gasteiger partial charge in [0.2, 0.25) is 0 Å². The Bertz CT molecular complexity index is 8010. The maximum atomic E-state index is 3.66. The molecule has 0 saturated carbocycles. The zero-order valence-electron chi connectivity index (χ0n) is 74.4. The van der Waals surface area contributed by atoms with Gasteiger partial charge in [0.05, 0.1) is 89.6 Å². The molecule has 10 heteroatoms. The van der Waals surface area contributed by atoms with Crippen LogP contribution in [0.3, 0.4) is 0 Å². The van der Waals surface area contributed by atoms with Crippen LogP contribution in [0.2, 0.25) is 0 Å². The summed E-state index contributed by atoms with van der Waals surface area (Å²) in [6.45, 7) is 0. The molecular weight excluding hydrogens is 1650 g/mol. The smallest absolute Gasteiger partial charge is 0.0561 e. The molecule has 0 fully saturated rings. The van der Waals surface area contributed by atoms with Crippen molar-refractivity contribution < 1.29 is 0 Å². The highest BCUT2D eigenvalue weighted by Crippen LogP contribution is 2.50. The molecule has 25 rings (SSSR count). The number of rotatable bonds is 21. The Morgan fingerprint density at radius 3 is 0.581 bits per heavy atom. The van der Waals surface area contributed by atoms with Crippen LogP contribution >= 0.6 is 0 Å². The first kappa shape index (κ1) is 80.9. The SMILES string of the molecule is c1ccc(N(c2ccccc2)c2cc(N(c3ccccc3)c3ccc4c5ccc(N(c6ccccc6)c6cc(N(c7ccccc7)c7ccccc7)cc(-n7c8ccccc8c8ccccc87)c6)cc5n(-c5ccccc5)c4c3)cc(-n3c4ccccc4c4ccccc43)c2)cc1.c1ccc(Nc2cc(N(c3ccccc3)c3ccccc3)cc(-n3c4ccccc4c4ccccc43)c2)cc1. The van der Waals surface area contributed by atoms with Gasteiger partial charge in [-0.2, -0.15) is 0 Å². The molecule has 0 aliphatic carbocycles. The summed E-state index contributed by atoms with van der Waals surface area (Å²) in [5, 5.41) is 13.3. The summed E-state index contributed by atoms with van der Waals surface area (Å²) < 4.78 is 9.71. The maximum absolute atomic E-state index is 3.66. The zero-order chi connectivity index (χ0) is 90.2. The molecule has 0 spiro atoms. The number of anilines is 17. The Morgan fingerprint density at radius 1 is 0.118 bits per heavy atom. The van der Waals surface area contributed by atoms with Crippen molar-refractivity contribution in [3.63, 3.8) is 0 Å². The van der Waals surface area contributed by atoms with Gasteiger partial charge in [0.1, 0.15) is 0 Å². The van der Waals surface area contributed by atoms with E-state index >= 15 is 0 Å². The first-order valence-corrected chi connectivity index (χ1v) is 46.3. The molecule has 0 unspecified atom stereocenters. The number of hydrogen-bond acceptors (Lipinski definition) is 6. The summed E-state index contributed by atoms with van der Waals surface area (Å²) in [6, 6.07) is 194. The molecule has 4 aromatic heterocycles. The van der Waals surface area contributed by atoms with Gasteiger partial charge < -0.3 is 48.1 Å². The van der Waals surface area contributed by atoms with Gasteiger partial charge in [-0.1, -0.05) is 303 Å². The fourth-order valence-electron chi connectivity index (χ4n) is 20.1. The van der Waals surface area contributed by atoms with Crippen molar-refractivity contribution in [2.24, 2.45) is 0 Å². The van der Waals surface area contributed by atoms with Crippen LogP contribution in [0.1, 0.15) is 0 Å². The van der Waals surface area contributed by atoms with Gasteiger partial charge in [0.25, 0.3) is 0 Å². The third kappa shape index (κ3) is 15.1. The van der Waals surface area contributed by atoms with E-state index in [1.54, 1.807) is 0 Å². The highest BCUT2D eigenvalue weighted by Gasteiger charge is 2.28. The fourth-order valence-corrected chi connectivity index (χ4v) is 20.1. The minimum Gasteiger partial charge on any atom is -0.355 e. The molecule has 0 aliphatic rings. The van der Waals surface area contributed by atoms with Crippen molar-refractivity contribution in [2.45, 2.75) is 0 Å². The van der Waals surface area contributed by atoms with E-state index in [1.165, 1.54) is 43.4 Å². The summed E-state index contributed by atoms with van der Waals surface area (Å²) in [7, 11) is 0. The first-order chi connectivity index (χ1) is 67.5. The molecule has 136 heavy (non-hydrogen) atoms. The van der Waals surface area contributed by atoms with E-state index in [0.29, 0.717) is 0 Å². The molecule has 25 aromatic rings. The quantitative estimate of drug-likeness (QED) is 0.0774. The summed E-state index contributed by atoms with van der Waals surface area (Å²) in [5.41, 5.74) is 31.0. The van der Waals surface area contributed by atoms with Crippen LogP contribution in [0.4, 0.5) is 96.7 Å². The summed E-state index contributed by atoms with van der Waals surface area (Å²) in [4.78, 5) is 11.9. The molecule has 0 radical (unpaired) electrons. The summed E-state index contributed by atoms with van der Waals surface area (Å²) in [6.07, 6.45) is 0. The normalized spacial score (nSPS) is 11.4. The largest absolute Gasteiger partial charge is 0.355 e. The van der Waals surface area contributed by atoms with Crippen molar-refractivity contribution in [3.05, 3.63) is 540 Å². The lowest BCUT2D eigenvalue weighted by Crippen LogP contribution is -2.14. The first-order valence-electron chi connectivity index (χ1n) is 46.3. The molecule has 644 valence electrons. The Labute approximate surface area is 789 Å². The van der Waals surface area contributed by atoms with Gasteiger partial charge in [0.15, 0.2) is 0 Å². The summed E-state index contributed by atoms with van der Waals surface area (Å²) in [5.74, 6) is 0. The van der Waals surface area contributed by atoms with E-state index in [-0.39, 0.29) is 0 Å². The van der Waals surface area contributed by atoms with E-state index < -0.39 is 0 Å². The number of para-hydroxylation sites is 16. The van der Waals surface area contributed by atoms with Gasteiger partial charge in [-0.05, 0) is 237 Å². The van der Waals surface area contributed by atoms with Crippen LogP contribution in [-0.4, -0.2) is 18.3 Å². The topological polar surface area (TPSA) is 48.0 Å². The average Bonchev–Trinajstić information content (AvgIpc) is 1.58. The monoisotopic (exact) mass is 1740 g/mol. The lowest BCUT2D eigenvalue weighted by Gasteiger charge is -2.30. The molecule has 4 heterocycles. The Kier molecular flexibility index (Phi) is 21.1. The average molecular weight is 1740 g/mol. The number of hydrogen-bond donors (Lipinski definition) is 1. The van der Waals surface area contributed by atoms with Crippen LogP contribution in [-0.2, 0) is 0 Å². The molecule has 10 nitrogen and oxygen atoms in total. The van der Waals surface area contributed by atoms with Crippen LogP contribution in [0.5, 0.6) is 0 Å². The van der Waals surface area contributed by atoms with Gasteiger partial charge in [-0.15, -0.1) is 0 Å². The molecule has 0 atom stereocenters. The second-order valence-electron chi connectivity index (χ2n) is 34.2. The van der Waals surface area contributed by atoms with Crippen LogP contribution < -0.4 is 29.8 Å². The zero-order valence-corrected chi connectivity index (χ0v) is 74.4. The van der Waals surface area contributed by atoms with Gasteiger partial charge in [-0.25, -0.2) is 0 Å². The number of benzene rings is 21. The number of fused-ring (bicyclic) bond motifs is 12. The highest BCUT2D eigenvalue weighted by atomic mass is 15.2. The van der Waals surface area contributed by atoms with E-state index in [0.717, 1.165) is 163 Å². The highest BCUT2D eigenvalue weighted by molar-refractivity contribution is 6.14. The second-order valence-corrected chi connectivity index (χ2v) is 34.2. The van der Waals surface area contributed by atoms with Crippen molar-refractivity contribution in [1.82, 2.24) is 18.3 Å². The van der Waals surface area contributed by atoms with Crippen LogP contribution in [0.25, 0.3) is 110 Å². The second kappa shape index (κ2) is 35.5. The van der Waals surface area contributed by atoms with Crippen molar-refractivity contribution in [2.75, 3.05) is 29.8 Å². The minimum atomic E-state index is 1.00. The number of aromatic nitrogens is 4. The van der Waals surface area contributed by atoms with E-state index in [1.807, 2.05) is 6.07 Å². The van der Waals surface area contributed by atoms with E-state index in [9.17, 15) is 0 Å². The van der Waals surface area contributed by atoms with Crippen molar-refractivity contribution >= 4 is 184 Å². The van der Waals surface area contributed by atoms with E-state index in [4.69, 9.17) is 0 Å². The van der Waals surface area contributed by atoms with E-state index in [2.05, 4.69) is 582 Å². The molecule has 0 amide bonds. The van der Waals surface area contributed by atoms with Gasteiger partial charge in [0, 0.05) is 117 Å². The minimum absolute atomic E-state index is 1.00. The fraction of sp³-hybridized carbons (Fsp3) is 0. The number of nitrogens with one attached hydrogen (secondary N) is 1.